The van der Waals surface area contributed by atoms with Crippen molar-refractivity contribution in [2.75, 3.05) is 0 Å². The van der Waals surface area contributed by atoms with E-state index in [0.29, 0.717) is 10.6 Å². The minimum absolute atomic E-state index is 0.0165. The Bertz CT molecular complexity index is 1150. The molecule has 3 rings (SSSR count). The van der Waals surface area contributed by atoms with Crippen molar-refractivity contribution in [1.82, 2.24) is 10.3 Å². The van der Waals surface area contributed by atoms with Crippen LogP contribution in [0.3, 0.4) is 0 Å². The molecule has 29 heavy (non-hydrogen) atoms. The molecule has 3 aromatic rings. The van der Waals surface area contributed by atoms with Crippen LogP contribution in [-0.4, -0.2) is 19.3 Å². The molecule has 2 aromatic carbocycles. The highest BCUT2D eigenvalue weighted by Gasteiger charge is 2.27. The molecule has 8 heteroatoms. The van der Waals surface area contributed by atoms with Crippen molar-refractivity contribution in [3.05, 3.63) is 99.1 Å². The largest absolute Gasteiger partial charge is 0.347 e. The number of halogens is 2. The Balaban J connectivity index is 2.00. The smallest absolute Gasteiger partial charge is 0.263 e. The molecule has 0 aliphatic heterocycles. The maximum Gasteiger partial charge on any atom is 0.263 e. The lowest BCUT2D eigenvalue weighted by Crippen LogP contribution is -2.28. The summed E-state index contributed by atoms with van der Waals surface area (Å²) in [6.45, 7) is 0.135. The number of rotatable bonds is 6. The highest BCUT2D eigenvalue weighted by atomic mass is 35.5. The molecule has 0 fully saturated rings. The van der Waals surface area contributed by atoms with Crippen molar-refractivity contribution in [1.29, 1.82) is 0 Å². The molecule has 0 unspecified atom stereocenters. The second kappa shape index (κ2) is 9.22. The first-order chi connectivity index (χ1) is 13.9. The topological polar surface area (TPSA) is 76.1 Å². The first-order valence-electron chi connectivity index (χ1n) is 8.52. The number of nitrogens with zero attached hydrogens (tertiary/aromatic N) is 1. The van der Waals surface area contributed by atoms with E-state index >= 15 is 0 Å². The molecule has 0 radical (unpaired) electrons. The lowest BCUT2D eigenvalue weighted by atomic mass is 10.2. The first-order valence-corrected chi connectivity index (χ1v) is 10.8. The molecule has 1 aromatic heterocycles. The van der Waals surface area contributed by atoms with Crippen LogP contribution in [0, 0.1) is 0 Å². The van der Waals surface area contributed by atoms with Crippen molar-refractivity contribution >= 4 is 45.0 Å². The van der Waals surface area contributed by atoms with E-state index in [9.17, 15) is 13.2 Å². The zero-order valence-corrected chi connectivity index (χ0v) is 17.4. The standard InChI is InChI=1S/C21H16Cl2N2O3S/c22-18-9-8-15(11-19(18)23)12-20(29(27,28)17-6-2-1-3-7-17)21(26)25-14-16-5-4-10-24-13-16/h1-13H,14H2,(H,25,26)/b20-12+. The Labute approximate surface area is 178 Å². The maximum atomic E-state index is 13.1. The fraction of sp³-hybridized carbons (Fsp3) is 0.0476. The Morgan fingerprint density at radius 3 is 2.41 bits per heavy atom. The summed E-state index contributed by atoms with van der Waals surface area (Å²) in [7, 11) is -4.07. The monoisotopic (exact) mass is 446 g/mol. The minimum atomic E-state index is -4.07. The van der Waals surface area contributed by atoms with Crippen LogP contribution in [0.15, 0.2) is 82.9 Å². The van der Waals surface area contributed by atoms with Gasteiger partial charge in [-0.1, -0.05) is 53.5 Å². The number of carbonyl (C=O) groups is 1. The highest BCUT2D eigenvalue weighted by Crippen LogP contribution is 2.26. The van der Waals surface area contributed by atoms with Crippen LogP contribution in [0.1, 0.15) is 11.1 Å². The number of nitrogens with one attached hydrogen (secondary N) is 1. The molecule has 1 amide bonds. The second-order valence-electron chi connectivity index (χ2n) is 6.04. The maximum absolute atomic E-state index is 13.1. The number of carbonyl (C=O) groups excluding carboxylic acids is 1. The quantitative estimate of drug-likeness (QED) is 0.564. The number of sulfone groups is 1. The van der Waals surface area contributed by atoms with E-state index in [1.165, 1.54) is 30.3 Å². The van der Waals surface area contributed by atoms with E-state index in [0.717, 1.165) is 5.56 Å². The number of hydrogen-bond acceptors (Lipinski definition) is 4. The summed E-state index contributed by atoms with van der Waals surface area (Å²) in [5, 5.41) is 3.22. The number of aromatic nitrogens is 1. The van der Waals surface area contributed by atoms with Gasteiger partial charge in [-0.05, 0) is 47.5 Å². The van der Waals surface area contributed by atoms with Crippen LogP contribution in [0.5, 0.6) is 0 Å². The van der Waals surface area contributed by atoms with Crippen molar-refractivity contribution in [3.63, 3.8) is 0 Å². The molecule has 0 atom stereocenters. The molecule has 0 saturated carbocycles. The van der Waals surface area contributed by atoms with Crippen LogP contribution < -0.4 is 5.32 Å². The number of benzene rings is 2. The zero-order valence-electron chi connectivity index (χ0n) is 15.0. The Kier molecular flexibility index (Phi) is 6.69. The minimum Gasteiger partial charge on any atom is -0.347 e. The van der Waals surface area contributed by atoms with Gasteiger partial charge in [-0.15, -0.1) is 0 Å². The summed E-state index contributed by atoms with van der Waals surface area (Å²) >= 11 is 12.0. The van der Waals surface area contributed by atoms with Crippen molar-refractivity contribution in [3.8, 4) is 0 Å². The predicted octanol–water partition coefficient (Wildman–Crippen LogP) is 4.52. The van der Waals surface area contributed by atoms with E-state index in [2.05, 4.69) is 10.3 Å². The van der Waals surface area contributed by atoms with Crippen LogP contribution in [0.25, 0.3) is 6.08 Å². The molecule has 1 N–H and O–H groups in total. The van der Waals surface area contributed by atoms with Crippen molar-refractivity contribution in [2.45, 2.75) is 11.4 Å². The lowest BCUT2D eigenvalue weighted by molar-refractivity contribution is -0.116. The SMILES string of the molecule is O=C(NCc1cccnc1)/C(=C\c1ccc(Cl)c(Cl)c1)S(=O)(=O)c1ccccc1. The van der Waals surface area contributed by atoms with E-state index in [-0.39, 0.29) is 16.5 Å². The van der Waals surface area contributed by atoms with E-state index in [4.69, 9.17) is 23.2 Å². The van der Waals surface area contributed by atoms with Gasteiger partial charge < -0.3 is 5.32 Å². The fourth-order valence-corrected chi connectivity index (χ4v) is 4.20. The van der Waals surface area contributed by atoms with Gasteiger partial charge in [0.2, 0.25) is 9.84 Å². The van der Waals surface area contributed by atoms with Gasteiger partial charge in [0.25, 0.3) is 5.91 Å². The molecule has 0 aliphatic carbocycles. The van der Waals surface area contributed by atoms with E-state index in [1.807, 2.05) is 0 Å². The zero-order chi connectivity index (χ0) is 20.9. The fourth-order valence-electron chi connectivity index (χ4n) is 2.52. The van der Waals surface area contributed by atoms with Gasteiger partial charge in [0, 0.05) is 18.9 Å². The highest BCUT2D eigenvalue weighted by molar-refractivity contribution is 7.96. The Hall–Kier alpha value is -2.67. The van der Waals surface area contributed by atoms with Gasteiger partial charge in [-0.2, -0.15) is 0 Å². The molecular weight excluding hydrogens is 431 g/mol. The summed E-state index contributed by atoms with van der Waals surface area (Å²) in [6, 6.07) is 15.9. The van der Waals surface area contributed by atoms with Crippen LogP contribution in [0.2, 0.25) is 10.0 Å². The average molecular weight is 447 g/mol. The molecule has 0 aliphatic rings. The summed E-state index contributed by atoms with van der Waals surface area (Å²) < 4.78 is 26.3. The number of amides is 1. The Morgan fingerprint density at radius 2 is 1.76 bits per heavy atom. The predicted molar refractivity (Wildman–Crippen MR) is 114 cm³/mol. The van der Waals surface area contributed by atoms with Crippen LogP contribution >= 0.6 is 23.2 Å². The summed E-state index contributed by atoms with van der Waals surface area (Å²) in [5.41, 5.74) is 1.18. The van der Waals surface area contributed by atoms with E-state index in [1.54, 1.807) is 48.8 Å². The molecule has 148 valence electrons. The van der Waals surface area contributed by atoms with Crippen LogP contribution in [0.4, 0.5) is 0 Å². The third-order valence-corrected chi connectivity index (χ3v) is 6.50. The van der Waals surface area contributed by atoms with Gasteiger partial charge >= 0.3 is 0 Å². The summed E-state index contributed by atoms with van der Waals surface area (Å²) in [4.78, 5) is 16.5. The summed E-state index contributed by atoms with van der Waals surface area (Å²) in [6.07, 6.45) is 4.48. The van der Waals surface area contributed by atoms with Crippen molar-refractivity contribution in [2.24, 2.45) is 0 Å². The third kappa shape index (κ3) is 5.23. The van der Waals surface area contributed by atoms with Gasteiger partial charge in [0.05, 0.1) is 14.9 Å². The number of hydrogen-bond donors (Lipinski definition) is 1. The summed E-state index contributed by atoms with van der Waals surface area (Å²) in [5.74, 6) is -0.733. The Morgan fingerprint density at radius 1 is 1.00 bits per heavy atom. The second-order valence-corrected chi connectivity index (χ2v) is 8.78. The van der Waals surface area contributed by atoms with Gasteiger partial charge in [0.15, 0.2) is 0 Å². The van der Waals surface area contributed by atoms with Crippen molar-refractivity contribution < 1.29 is 13.2 Å². The number of pyridine rings is 1. The molecular formula is C21H16Cl2N2O3S. The average Bonchev–Trinajstić information content (AvgIpc) is 2.74. The normalized spacial score (nSPS) is 11.9. The molecule has 0 bridgehead atoms. The molecule has 5 nitrogen and oxygen atoms in total. The lowest BCUT2D eigenvalue weighted by Gasteiger charge is -2.11. The molecule has 1 heterocycles. The van der Waals surface area contributed by atoms with E-state index < -0.39 is 20.6 Å². The van der Waals surface area contributed by atoms with Gasteiger partial charge in [-0.3, -0.25) is 9.78 Å². The van der Waals surface area contributed by atoms with Gasteiger partial charge in [-0.25, -0.2) is 8.42 Å². The molecule has 0 spiro atoms. The van der Waals surface area contributed by atoms with Crippen LogP contribution in [-0.2, 0) is 21.2 Å². The third-order valence-electron chi connectivity index (χ3n) is 3.98. The first kappa shape index (κ1) is 21.0. The van der Waals surface area contributed by atoms with Gasteiger partial charge in [0.1, 0.15) is 4.91 Å². The molecule has 0 saturated heterocycles.